The summed E-state index contributed by atoms with van der Waals surface area (Å²) >= 11 is 22.8. The van der Waals surface area contributed by atoms with Crippen LogP contribution in [0.25, 0.3) is 0 Å². The van der Waals surface area contributed by atoms with Crippen LogP contribution in [-0.4, -0.2) is 40.1 Å². The smallest absolute Gasteiger partial charge is 0.318 e. The van der Waals surface area contributed by atoms with Crippen LogP contribution in [0.15, 0.2) is 24.3 Å². The quantitative estimate of drug-likeness (QED) is 0.426. The molecular weight excluding hydrogens is 367 g/mol. The summed E-state index contributed by atoms with van der Waals surface area (Å²) in [5.41, 5.74) is 1.91. The number of hydrogen-bond donors (Lipinski definition) is 3. The topological polar surface area (TPSA) is 56.4 Å². The molecule has 9 heteroatoms. The van der Waals surface area contributed by atoms with E-state index in [1.165, 1.54) is 4.90 Å². The largest absolute Gasteiger partial charge is 0.339 e. The second-order valence-corrected chi connectivity index (χ2v) is 7.56. The number of nitrogens with zero attached hydrogens (tertiary/aromatic N) is 1. The van der Waals surface area contributed by atoms with Crippen LogP contribution >= 0.6 is 47.0 Å². The summed E-state index contributed by atoms with van der Waals surface area (Å²) in [4.78, 5) is 13.0. The van der Waals surface area contributed by atoms with Gasteiger partial charge in [-0.3, -0.25) is 0 Å². The maximum absolute atomic E-state index is 11.7. The second kappa shape index (κ2) is 8.06. The van der Waals surface area contributed by atoms with E-state index in [0.717, 1.165) is 11.3 Å². The summed E-state index contributed by atoms with van der Waals surface area (Å²) in [6.07, 6.45) is -0.988. The molecule has 0 radical (unpaired) electrons. The van der Waals surface area contributed by atoms with Crippen molar-refractivity contribution in [1.82, 2.24) is 15.5 Å². The van der Waals surface area contributed by atoms with Gasteiger partial charge in [-0.2, -0.15) is 0 Å². The first kappa shape index (κ1) is 19.1. The molecule has 1 aromatic carbocycles. The molecule has 0 fully saturated rings. The highest BCUT2D eigenvalue weighted by atomic mass is 35.6. The van der Waals surface area contributed by atoms with Crippen molar-refractivity contribution in [3.05, 3.63) is 29.8 Å². The minimum absolute atomic E-state index is 0.222. The van der Waals surface area contributed by atoms with Crippen molar-refractivity contribution in [2.75, 3.05) is 19.4 Å². The summed E-state index contributed by atoms with van der Waals surface area (Å²) in [6, 6.07) is 7.19. The molecule has 0 saturated heterocycles. The number of anilines is 1. The van der Waals surface area contributed by atoms with Gasteiger partial charge in [0.25, 0.3) is 0 Å². The Morgan fingerprint density at radius 2 is 1.73 bits per heavy atom. The number of alkyl halides is 3. The number of nitrogens with one attached hydrogen (secondary N) is 3. The molecule has 0 aromatic heterocycles. The van der Waals surface area contributed by atoms with E-state index in [1.807, 2.05) is 31.2 Å². The van der Waals surface area contributed by atoms with Crippen LogP contribution in [0.5, 0.6) is 0 Å². The molecule has 0 aliphatic carbocycles. The minimum atomic E-state index is -1.77. The first-order valence-corrected chi connectivity index (χ1v) is 7.82. The van der Waals surface area contributed by atoms with Crippen LogP contribution in [0.4, 0.5) is 10.5 Å². The molecule has 0 heterocycles. The normalized spacial score (nSPS) is 12.3. The standard InChI is InChI=1S/C13H17Cl3N4OS/c1-8-4-6-9(7-5-8)17-11(22)18-10(13(14,15)16)19-12(21)20(2)3/h4-7,10H,1-3H3,(H,19,21)(H2,17,18,22)/t10-/m1/s1. The van der Waals surface area contributed by atoms with Crippen molar-refractivity contribution in [3.63, 3.8) is 0 Å². The fourth-order valence-corrected chi connectivity index (χ4v) is 1.95. The van der Waals surface area contributed by atoms with Gasteiger partial charge in [-0.25, -0.2) is 4.79 Å². The summed E-state index contributed by atoms with van der Waals surface area (Å²) in [5, 5.41) is 8.48. The van der Waals surface area contributed by atoms with Gasteiger partial charge in [0.1, 0.15) is 0 Å². The SMILES string of the molecule is Cc1ccc(NC(=S)N[C@H](NC(=O)N(C)C)C(Cl)(Cl)Cl)cc1. The monoisotopic (exact) mass is 382 g/mol. The zero-order valence-electron chi connectivity index (χ0n) is 12.3. The van der Waals surface area contributed by atoms with Crippen molar-refractivity contribution in [2.24, 2.45) is 0 Å². The number of halogens is 3. The summed E-state index contributed by atoms with van der Waals surface area (Å²) in [6.45, 7) is 1.98. The van der Waals surface area contributed by atoms with Crippen LogP contribution in [0, 0.1) is 6.92 Å². The number of benzene rings is 1. The third-order valence-electron chi connectivity index (χ3n) is 2.59. The van der Waals surface area contributed by atoms with Gasteiger partial charge < -0.3 is 20.9 Å². The highest BCUT2D eigenvalue weighted by molar-refractivity contribution is 7.80. The Bertz CT molecular complexity index is 531. The van der Waals surface area contributed by atoms with Gasteiger partial charge in [0.15, 0.2) is 11.3 Å². The molecule has 1 aromatic rings. The van der Waals surface area contributed by atoms with Crippen LogP contribution in [0.2, 0.25) is 0 Å². The Labute approximate surface area is 150 Å². The Morgan fingerprint density at radius 1 is 1.18 bits per heavy atom. The van der Waals surface area contributed by atoms with Gasteiger partial charge in [-0.15, -0.1) is 0 Å². The number of thiocarbonyl (C=S) groups is 1. The molecule has 2 amide bonds. The van der Waals surface area contributed by atoms with E-state index in [2.05, 4.69) is 16.0 Å². The summed E-state index contributed by atoms with van der Waals surface area (Å²) in [7, 11) is 3.15. The third-order valence-corrected chi connectivity index (χ3v) is 3.46. The fraction of sp³-hybridized carbons (Fsp3) is 0.385. The lowest BCUT2D eigenvalue weighted by Crippen LogP contribution is -2.57. The van der Waals surface area contributed by atoms with Crippen molar-refractivity contribution < 1.29 is 4.79 Å². The van der Waals surface area contributed by atoms with E-state index in [9.17, 15) is 4.79 Å². The number of carbonyl (C=O) groups is 1. The molecule has 3 N–H and O–H groups in total. The Balaban J connectivity index is 2.70. The Morgan fingerprint density at radius 3 is 2.18 bits per heavy atom. The molecule has 0 bridgehead atoms. The maximum Gasteiger partial charge on any atom is 0.318 e. The van der Waals surface area contributed by atoms with Crippen LogP contribution in [0.3, 0.4) is 0 Å². The number of rotatable bonds is 3. The van der Waals surface area contributed by atoms with Gasteiger partial charge >= 0.3 is 6.03 Å². The molecule has 122 valence electrons. The lowest BCUT2D eigenvalue weighted by molar-refractivity contribution is 0.212. The van der Waals surface area contributed by atoms with Crippen molar-refractivity contribution in [2.45, 2.75) is 16.9 Å². The third kappa shape index (κ3) is 6.44. The van der Waals surface area contributed by atoms with Crippen molar-refractivity contribution in [1.29, 1.82) is 0 Å². The van der Waals surface area contributed by atoms with E-state index >= 15 is 0 Å². The van der Waals surface area contributed by atoms with Crippen LogP contribution < -0.4 is 16.0 Å². The lowest BCUT2D eigenvalue weighted by atomic mass is 10.2. The van der Waals surface area contributed by atoms with E-state index in [1.54, 1.807) is 14.1 Å². The Hall–Kier alpha value is -0.950. The highest BCUT2D eigenvalue weighted by Gasteiger charge is 2.35. The van der Waals surface area contributed by atoms with E-state index < -0.39 is 16.0 Å². The first-order valence-electron chi connectivity index (χ1n) is 6.28. The van der Waals surface area contributed by atoms with Crippen LogP contribution in [-0.2, 0) is 0 Å². The zero-order chi connectivity index (χ0) is 16.9. The average Bonchev–Trinajstić information content (AvgIpc) is 2.39. The predicted molar refractivity (Wildman–Crippen MR) is 96.8 cm³/mol. The average molecular weight is 384 g/mol. The highest BCUT2D eigenvalue weighted by Crippen LogP contribution is 2.29. The molecule has 0 aliphatic rings. The van der Waals surface area contributed by atoms with E-state index in [4.69, 9.17) is 47.0 Å². The molecule has 22 heavy (non-hydrogen) atoms. The van der Waals surface area contributed by atoms with E-state index in [0.29, 0.717) is 0 Å². The molecule has 0 spiro atoms. The summed E-state index contributed by atoms with van der Waals surface area (Å²) in [5.74, 6) is 0. The summed E-state index contributed by atoms with van der Waals surface area (Å²) < 4.78 is -1.77. The van der Waals surface area contributed by atoms with Crippen molar-refractivity contribution >= 4 is 63.9 Å². The predicted octanol–water partition coefficient (Wildman–Crippen LogP) is 3.25. The van der Waals surface area contributed by atoms with Gasteiger partial charge in [0.05, 0.1) is 0 Å². The minimum Gasteiger partial charge on any atom is -0.339 e. The molecule has 0 unspecified atom stereocenters. The fourth-order valence-electron chi connectivity index (χ4n) is 1.39. The number of aryl methyl sites for hydroxylation is 1. The molecule has 0 saturated carbocycles. The molecule has 1 atom stereocenters. The van der Waals surface area contributed by atoms with Gasteiger partial charge in [0.2, 0.25) is 3.79 Å². The number of carbonyl (C=O) groups excluding carboxylic acids is 1. The van der Waals surface area contributed by atoms with Crippen molar-refractivity contribution in [3.8, 4) is 0 Å². The zero-order valence-corrected chi connectivity index (χ0v) is 15.4. The lowest BCUT2D eigenvalue weighted by Gasteiger charge is -2.28. The van der Waals surface area contributed by atoms with Crippen LogP contribution in [0.1, 0.15) is 5.56 Å². The molecule has 1 rings (SSSR count). The number of urea groups is 1. The Kier molecular flexibility index (Phi) is 6.99. The van der Waals surface area contributed by atoms with E-state index in [-0.39, 0.29) is 5.11 Å². The molecular formula is C13H17Cl3N4OS. The molecule has 0 aliphatic heterocycles. The first-order chi connectivity index (χ1) is 10.1. The second-order valence-electron chi connectivity index (χ2n) is 4.78. The van der Waals surface area contributed by atoms with Gasteiger partial charge in [-0.05, 0) is 31.3 Å². The van der Waals surface area contributed by atoms with Gasteiger partial charge in [0, 0.05) is 19.8 Å². The molecule has 5 nitrogen and oxygen atoms in total. The van der Waals surface area contributed by atoms with Gasteiger partial charge in [-0.1, -0.05) is 52.5 Å². The number of hydrogen-bond acceptors (Lipinski definition) is 2. The number of amides is 2. The maximum atomic E-state index is 11.7.